The molecule has 0 bridgehead atoms. The summed E-state index contributed by atoms with van der Waals surface area (Å²) < 4.78 is 2.80. The molecule has 0 N–H and O–H groups in total. The summed E-state index contributed by atoms with van der Waals surface area (Å²) in [5.41, 5.74) is 1.44. The molecule has 0 radical (unpaired) electrons. The molecule has 0 aromatic heterocycles. The summed E-state index contributed by atoms with van der Waals surface area (Å²) >= 11 is 0. The fraction of sp³-hybridized carbons (Fsp3) is 0.818. The van der Waals surface area contributed by atoms with Crippen LogP contribution in [-0.2, 0) is 0 Å². The van der Waals surface area contributed by atoms with Crippen LogP contribution in [0, 0.1) is 0 Å². The highest BCUT2D eigenvalue weighted by atomic mass is 28.4. The van der Waals surface area contributed by atoms with Crippen LogP contribution in [0.15, 0.2) is 11.6 Å². The van der Waals surface area contributed by atoms with Crippen LogP contribution in [0.1, 0.15) is 13.8 Å². The van der Waals surface area contributed by atoms with Gasteiger partial charge in [-0.15, -0.1) is 0 Å². The quantitative estimate of drug-likeness (QED) is 0.522. The summed E-state index contributed by atoms with van der Waals surface area (Å²) in [6, 6.07) is 0. The maximum absolute atomic E-state index is 2.80. The highest BCUT2D eigenvalue weighted by Crippen LogP contribution is 2.19. The fourth-order valence-corrected chi connectivity index (χ4v) is 11.2. The van der Waals surface area contributed by atoms with E-state index in [0.717, 1.165) is 6.54 Å². The van der Waals surface area contributed by atoms with Crippen molar-refractivity contribution in [3.8, 4) is 0 Å². The molecule has 0 aromatic rings. The molecule has 0 aromatic carbocycles. The van der Waals surface area contributed by atoms with Gasteiger partial charge in [0.15, 0.2) is 0 Å². The van der Waals surface area contributed by atoms with Crippen molar-refractivity contribution in [1.29, 1.82) is 0 Å². The van der Waals surface area contributed by atoms with Gasteiger partial charge in [-0.1, -0.05) is 50.9 Å². The first kappa shape index (κ1) is 14.1. The Morgan fingerprint density at radius 2 is 1.29 bits per heavy atom. The van der Waals surface area contributed by atoms with E-state index < -0.39 is 16.5 Å². The van der Waals surface area contributed by atoms with Crippen molar-refractivity contribution < 1.29 is 0 Å². The lowest BCUT2D eigenvalue weighted by Crippen LogP contribution is -2.58. The average molecular weight is 230 g/mol. The molecule has 84 valence electrons. The first-order chi connectivity index (χ1) is 6.05. The predicted octanol–water partition coefficient (Wildman–Crippen LogP) is 3.92. The topological polar surface area (TPSA) is 3.24 Å². The Labute approximate surface area is 92.4 Å². The zero-order valence-electron chi connectivity index (χ0n) is 11.2. The minimum Gasteiger partial charge on any atom is -0.343 e. The van der Waals surface area contributed by atoms with Gasteiger partial charge in [-0.25, -0.2) is 0 Å². The summed E-state index contributed by atoms with van der Waals surface area (Å²) in [6.07, 6.45) is 2.37. The van der Waals surface area contributed by atoms with Gasteiger partial charge in [0.2, 0.25) is 0 Å². The van der Waals surface area contributed by atoms with E-state index >= 15 is 0 Å². The van der Waals surface area contributed by atoms with E-state index in [-0.39, 0.29) is 0 Å². The standard InChI is InChI=1S/C11H27NSi2/c1-11(2)9-10-12(13(3,4)5)14(6,7)8/h9H,10H2,1-8H3. The van der Waals surface area contributed by atoms with E-state index in [2.05, 4.69) is 63.4 Å². The van der Waals surface area contributed by atoms with Crippen molar-refractivity contribution in [1.82, 2.24) is 4.23 Å². The van der Waals surface area contributed by atoms with E-state index in [1.165, 1.54) is 5.57 Å². The summed E-state index contributed by atoms with van der Waals surface area (Å²) in [5.74, 6) is 0. The van der Waals surface area contributed by atoms with Gasteiger partial charge >= 0.3 is 0 Å². The van der Waals surface area contributed by atoms with E-state index in [1.807, 2.05) is 0 Å². The Balaban J connectivity index is 4.69. The van der Waals surface area contributed by atoms with E-state index in [1.54, 1.807) is 0 Å². The van der Waals surface area contributed by atoms with Gasteiger partial charge in [-0.05, 0) is 13.8 Å². The Morgan fingerprint density at radius 3 is 1.50 bits per heavy atom. The monoisotopic (exact) mass is 229 g/mol. The molecular formula is C11H27NSi2. The number of allylic oxidation sites excluding steroid dienone is 1. The number of nitrogens with zero attached hydrogens (tertiary/aromatic N) is 1. The summed E-state index contributed by atoms with van der Waals surface area (Å²) in [6.45, 7) is 20.2. The van der Waals surface area contributed by atoms with Gasteiger partial charge in [0.25, 0.3) is 0 Å². The first-order valence-corrected chi connectivity index (χ1v) is 12.4. The molecule has 0 saturated carbocycles. The van der Waals surface area contributed by atoms with Crippen LogP contribution in [0.4, 0.5) is 0 Å². The minimum atomic E-state index is -1.14. The second kappa shape index (κ2) is 4.77. The van der Waals surface area contributed by atoms with E-state index in [9.17, 15) is 0 Å². The van der Waals surface area contributed by atoms with Gasteiger partial charge in [-0.2, -0.15) is 0 Å². The van der Waals surface area contributed by atoms with E-state index in [0.29, 0.717) is 0 Å². The number of hydrogen-bond acceptors (Lipinski definition) is 1. The number of hydrogen-bond donors (Lipinski definition) is 0. The highest BCUT2D eigenvalue weighted by molar-refractivity contribution is 6.89. The van der Waals surface area contributed by atoms with Gasteiger partial charge in [-0.3, -0.25) is 0 Å². The molecule has 0 atom stereocenters. The summed E-state index contributed by atoms with van der Waals surface area (Å²) in [7, 11) is -2.28. The molecule has 0 spiro atoms. The lowest BCUT2D eigenvalue weighted by Gasteiger charge is -2.43. The largest absolute Gasteiger partial charge is 0.343 e. The van der Waals surface area contributed by atoms with Crippen LogP contribution in [-0.4, -0.2) is 27.2 Å². The molecule has 0 rings (SSSR count). The molecule has 14 heavy (non-hydrogen) atoms. The van der Waals surface area contributed by atoms with Crippen LogP contribution >= 0.6 is 0 Å². The van der Waals surface area contributed by atoms with E-state index in [4.69, 9.17) is 0 Å². The van der Waals surface area contributed by atoms with Crippen LogP contribution in [0.2, 0.25) is 39.3 Å². The van der Waals surface area contributed by atoms with Crippen molar-refractivity contribution in [2.75, 3.05) is 6.54 Å². The predicted molar refractivity (Wildman–Crippen MR) is 72.8 cm³/mol. The Hall–Kier alpha value is 0.134. The summed E-state index contributed by atoms with van der Waals surface area (Å²) in [4.78, 5) is 0. The maximum Gasteiger partial charge on any atom is 0.112 e. The van der Waals surface area contributed by atoms with Gasteiger partial charge in [0, 0.05) is 6.54 Å². The Morgan fingerprint density at radius 1 is 0.929 bits per heavy atom. The van der Waals surface area contributed by atoms with Crippen LogP contribution < -0.4 is 0 Å². The third-order valence-electron chi connectivity index (χ3n) is 2.30. The van der Waals surface area contributed by atoms with Crippen molar-refractivity contribution in [2.45, 2.75) is 53.1 Å². The molecule has 0 aliphatic rings. The smallest absolute Gasteiger partial charge is 0.112 e. The molecule has 0 unspecified atom stereocenters. The zero-order valence-corrected chi connectivity index (χ0v) is 13.2. The fourth-order valence-electron chi connectivity index (χ4n) is 1.83. The number of rotatable bonds is 4. The molecule has 0 amide bonds. The molecule has 0 aliphatic heterocycles. The average Bonchev–Trinajstić information content (AvgIpc) is 1.78. The second-order valence-electron chi connectivity index (χ2n) is 6.23. The summed E-state index contributed by atoms with van der Waals surface area (Å²) in [5, 5.41) is 0. The first-order valence-electron chi connectivity index (χ1n) is 5.46. The van der Waals surface area contributed by atoms with Gasteiger partial charge in [0.1, 0.15) is 16.5 Å². The lowest BCUT2D eigenvalue weighted by atomic mass is 10.3. The normalized spacial score (nSPS) is 13.2. The SMILES string of the molecule is CC(C)=CCN([Si](C)(C)C)[Si](C)(C)C. The molecule has 1 nitrogen and oxygen atoms in total. The second-order valence-corrected chi connectivity index (χ2v) is 16.4. The molecular weight excluding hydrogens is 202 g/mol. The lowest BCUT2D eigenvalue weighted by molar-refractivity contribution is 0.685. The molecule has 0 fully saturated rings. The minimum absolute atomic E-state index is 1.14. The van der Waals surface area contributed by atoms with Crippen molar-refractivity contribution in [2.24, 2.45) is 0 Å². The molecule has 3 heteroatoms. The van der Waals surface area contributed by atoms with Gasteiger partial charge in [0.05, 0.1) is 0 Å². The zero-order chi connectivity index (χ0) is 11.6. The third kappa shape index (κ3) is 5.12. The Kier molecular flexibility index (Phi) is 4.82. The maximum atomic E-state index is 2.80. The van der Waals surface area contributed by atoms with Crippen molar-refractivity contribution in [3.05, 3.63) is 11.6 Å². The van der Waals surface area contributed by atoms with Crippen molar-refractivity contribution in [3.63, 3.8) is 0 Å². The van der Waals surface area contributed by atoms with Gasteiger partial charge < -0.3 is 4.23 Å². The molecule has 0 aliphatic carbocycles. The van der Waals surface area contributed by atoms with Crippen LogP contribution in [0.5, 0.6) is 0 Å². The Bertz CT molecular complexity index is 190. The molecule has 0 saturated heterocycles. The molecule has 0 heterocycles. The highest BCUT2D eigenvalue weighted by Gasteiger charge is 2.33. The third-order valence-corrected chi connectivity index (χ3v) is 9.93. The van der Waals surface area contributed by atoms with Crippen LogP contribution in [0.25, 0.3) is 0 Å². The van der Waals surface area contributed by atoms with Crippen molar-refractivity contribution >= 4 is 16.5 Å². The van der Waals surface area contributed by atoms with Crippen LogP contribution in [0.3, 0.4) is 0 Å².